The van der Waals surface area contributed by atoms with Crippen molar-refractivity contribution in [3.8, 4) is 11.5 Å². The Morgan fingerprint density at radius 2 is 1.59 bits per heavy atom. The largest absolute Gasteiger partial charge is 0.476 e. The number of ether oxygens (including phenoxy) is 2. The number of alkyl halides is 2. The van der Waals surface area contributed by atoms with E-state index in [9.17, 15) is 9.59 Å². The number of aryl methyl sites for hydroxylation is 1. The molecular weight excluding hydrogens is 411 g/mol. The number of hydrogen-bond acceptors (Lipinski definition) is 4. The van der Waals surface area contributed by atoms with Gasteiger partial charge in [0.15, 0.2) is 0 Å². The third kappa shape index (κ3) is 5.74. The van der Waals surface area contributed by atoms with E-state index in [4.69, 9.17) is 32.7 Å². The number of halogens is 2. The van der Waals surface area contributed by atoms with Crippen molar-refractivity contribution in [2.75, 3.05) is 0 Å². The van der Waals surface area contributed by atoms with Crippen LogP contribution in [0.5, 0.6) is 11.5 Å². The molecule has 2 aromatic rings. The molecule has 0 N–H and O–H groups in total. The quantitative estimate of drug-likeness (QED) is 0.306. The molecule has 1 atom stereocenters. The molecule has 1 unspecified atom stereocenters. The van der Waals surface area contributed by atoms with Gasteiger partial charge < -0.3 is 14.3 Å². The zero-order valence-corrected chi connectivity index (χ0v) is 18.2. The maximum absolute atomic E-state index is 12.6. The molecular formula is C23H24Cl2O4. The van der Waals surface area contributed by atoms with E-state index in [-0.39, 0.29) is 11.7 Å². The molecule has 0 spiro atoms. The van der Waals surface area contributed by atoms with Gasteiger partial charge in [-0.25, -0.2) is 4.79 Å². The summed E-state index contributed by atoms with van der Waals surface area (Å²) in [5, 5.41) is 0. The van der Waals surface area contributed by atoms with Gasteiger partial charge in [-0.3, -0.25) is 0 Å². The minimum Gasteiger partial charge on any atom is -0.476 e. The Kier molecular flexibility index (Phi) is 6.25. The first-order valence-electron chi connectivity index (χ1n) is 9.54. The summed E-state index contributed by atoms with van der Waals surface area (Å²) >= 11 is 12.2. The summed E-state index contributed by atoms with van der Waals surface area (Å²) < 4.78 is 10.6. The third-order valence-corrected chi connectivity index (χ3v) is 5.71. The van der Waals surface area contributed by atoms with Crippen molar-refractivity contribution in [2.24, 2.45) is 0 Å². The second-order valence-corrected chi connectivity index (χ2v) is 9.48. The molecule has 0 bridgehead atoms. The van der Waals surface area contributed by atoms with Crippen LogP contribution in [0.2, 0.25) is 0 Å². The number of esters is 1. The van der Waals surface area contributed by atoms with Crippen LogP contribution in [0.15, 0.2) is 48.5 Å². The molecule has 0 amide bonds. The molecule has 2 aromatic carbocycles. The maximum Gasteiger partial charge on any atom is 0.355 e. The monoisotopic (exact) mass is 434 g/mol. The lowest BCUT2D eigenvalue weighted by Gasteiger charge is -2.24. The number of ketones is 1. The fraction of sp³-hybridized carbons (Fsp3) is 0.391. The van der Waals surface area contributed by atoms with Crippen LogP contribution in [0.4, 0.5) is 0 Å². The zero-order chi connectivity index (χ0) is 21.2. The first kappa shape index (κ1) is 21.7. The highest BCUT2D eigenvalue weighted by Crippen LogP contribution is 2.59. The lowest BCUT2D eigenvalue weighted by molar-refractivity contribution is -0.149. The average Bonchev–Trinajstić information content (AvgIpc) is 3.29. The Labute approximate surface area is 181 Å². The number of carbonyl (C=O) groups excluding carboxylic acids is 2. The van der Waals surface area contributed by atoms with E-state index in [0.717, 1.165) is 17.5 Å². The standard InChI is InChI=1S/C23H24Cl2O4/c1-15(26)4-5-16-6-10-18(11-7-16)28-21(27)22(2,3)29-19-12-8-17(9-13-19)20-14-23(20,24)25/h6-13,20H,4-5,14H2,1-3H3. The van der Waals surface area contributed by atoms with Crippen molar-refractivity contribution in [1.82, 2.24) is 0 Å². The predicted octanol–water partition coefficient (Wildman–Crippen LogP) is 5.63. The van der Waals surface area contributed by atoms with Crippen molar-refractivity contribution in [3.05, 3.63) is 59.7 Å². The number of carbonyl (C=O) groups is 2. The highest BCUT2D eigenvalue weighted by molar-refractivity contribution is 6.51. The van der Waals surface area contributed by atoms with E-state index in [1.807, 2.05) is 24.3 Å². The van der Waals surface area contributed by atoms with E-state index in [0.29, 0.717) is 24.3 Å². The Bertz CT molecular complexity index is 886. The summed E-state index contributed by atoms with van der Waals surface area (Å²) in [6.07, 6.45) is 1.90. The molecule has 6 heteroatoms. The summed E-state index contributed by atoms with van der Waals surface area (Å²) in [5.74, 6) is 0.778. The molecule has 1 aliphatic carbocycles. The normalized spacial score (nSPS) is 17.5. The van der Waals surface area contributed by atoms with Gasteiger partial charge in [0.1, 0.15) is 21.6 Å². The molecule has 0 saturated heterocycles. The van der Waals surface area contributed by atoms with Gasteiger partial charge in [0.2, 0.25) is 5.60 Å². The van der Waals surface area contributed by atoms with Gasteiger partial charge in [-0.1, -0.05) is 24.3 Å². The van der Waals surface area contributed by atoms with Gasteiger partial charge >= 0.3 is 5.97 Å². The van der Waals surface area contributed by atoms with Crippen molar-refractivity contribution in [3.63, 3.8) is 0 Å². The minimum absolute atomic E-state index is 0.135. The van der Waals surface area contributed by atoms with E-state index in [2.05, 4.69) is 0 Å². The molecule has 3 rings (SSSR count). The Morgan fingerprint density at radius 3 is 2.10 bits per heavy atom. The van der Waals surface area contributed by atoms with Gasteiger partial charge in [0.05, 0.1) is 0 Å². The van der Waals surface area contributed by atoms with Crippen molar-refractivity contribution < 1.29 is 19.1 Å². The second kappa shape index (κ2) is 8.37. The predicted molar refractivity (Wildman–Crippen MR) is 114 cm³/mol. The lowest BCUT2D eigenvalue weighted by atomic mass is 10.1. The van der Waals surface area contributed by atoms with Crippen molar-refractivity contribution >= 4 is 35.0 Å². The molecule has 0 heterocycles. The van der Waals surface area contributed by atoms with Crippen LogP contribution < -0.4 is 9.47 Å². The molecule has 0 aromatic heterocycles. The Balaban J connectivity index is 1.57. The van der Waals surface area contributed by atoms with Gasteiger partial charge in [0, 0.05) is 12.3 Å². The van der Waals surface area contributed by atoms with E-state index in [1.54, 1.807) is 45.0 Å². The Morgan fingerprint density at radius 1 is 1.03 bits per heavy atom. The van der Waals surface area contributed by atoms with Crippen LogP contribution in [-0.2, 0) is 16.0 Å². The number of Topliss-reactive ketones (excluding diaryl/α,β-unsaturated/α-hetero) is 1. The fourth-order valence-corrected chi connectivity index (χ4v) is 3.51. The summed E-state index contributed by atoms with van der Waals surface area (Å²) in [4.78, 5) is 23.7. The average molecular weight is 435 g/mol. The number of benzene rings is 2. The molecule has 1 saturated carbocycles. The van der Waals surface area contributed by atoms with Gasteiger partial charge in [-0.2, -0.15) is 0 Å². The van der Waals surface area contributed by atoms with Crippen molar-refractivity contribution in [2.45, 2.75) is 55.9 Å². The summed E-state index contributed by atoms with van der Waals surface area (Å²) in [5.41, 5.74) is 0.897. The smallest absolute Gasteiger partial charge is 0.355 e. The first-order valence-corrected chi connectivity index (χ1v) is 10.3. The fourth-order valence-electron chi connectivity index (χ4n) is 2.95. The molecule has 0 radical (unpaired) electrons. The molecule has 1 aliphatic rings. The minimum atomic E-state index is -1.17. The maximum atomic E-state index is 12.6. The molecule has 154 valence electrons. The van der Waals surface area contributed by atoms with Crippen LogP contribution in [0.1, 0.15) is 50.7 Å². The van der Waals surface area contributed by atoms with Gasteiger partial charge in [-0.15, -0.1) is 23.2 Å². The first-order chi connectivity index (χ1) is 13.6. The summed E-state index contributed by atoms with van der Waals surface area (Å²) in [6, 6.07) is 14.6. The van der Waals surface area contributed by atoms with E-state index < -0.39 is 15.9 Å². The van der Waals surface area contributed by atoms with E-state index >= 15 is 0 Å². The van der Waals surface area contributed by atoms with Gasteiger partial charge in [0.25, 0.3) is 0 Å². The molecule has 1 fully saturated rings. The number of hydrogen-bond donors (Lipinski definition) is 0. The third-order valence-electron chi connectivity index (χ3n) is 4.87. The summed E-state index contributed by atoms with van der Waals surface area (Å²) in [6.45, 7) is 4.89. The van der Waals surface area contributed by atoms with Crippen LogP contribution in [0, 0.1) is 0 Å². The SMILES string of the molecule is CC(=O)CCc1ccc(OC(=O)C(C)(C)Oc2ccc(C3CC3(Cl)Cl)cc2)cc1. The van der Waals surface area contributed by atoms with Gasteiger partial charge in [-0.05, 0) is 69.0 Å². The van der Waals surface area contributed by atoms with Crippen molar-refractivity contribution in [1.29, 1.82) is 0 Å². The topological polar surface area (TPSA) is 52.6 Å². The molecule has 0 aliphatic heterocycles. The van der Waals surface area contributed by atoms with Crippen LogP contribution in [-0.4, -0.2) is 21.7 Å². The van der Waals surface area contributed by atoms with Crippen LogP contribution in [0.3, 0.4) is 0 Å². The zero-order valence-electron chi connectivity index (χ0n) is 16.7. The Hall–Kier alpha value is -2.04. The van der Waals surface area contributed by atoms with E-state index in [1.165, 1.54) is 0 Å². The van der Waals surface area contributed by atoms with Crippen LogP contribution >= 0.6 is 23.2 Å². The molecule has 4 nitrogen and oxygen atoms in total. The molecule has 29 heavy (non-hydrogen) atoms. The lowest BCUT2D eigenvalue weighted by Crippen LogP contribution is -2.41. The number of rotatable bonds is 8. The second-order valence-electron chi connectivity index (χ2n) is 7.93. The highest BCUT2D eigenvalue weighted by atomic mass is 35.5. The highest BCUT2D eigenvalue weighted by Gasteiger charge is 2.52. The van der Waals surface area contributed by atoms with Crippen LogP contribution in [0.25, 0.3) is 0 Å². The summed E-state index contributed by atoms with van der Waals surface area (Å²) in [7, 11) is 0.